The van der Waals surface area contributed by atoms with Gasteiger partial charge >= 0.3 is 5.97 Å². The first-order chi connectivity index (χ1) is 20.2. The van der Waals surface area contributed by atoms with E-state index in [4.69, 9.17) is 9.47 Å². The lowest BCUT2D eigenvalue weighted by atomic mass is 10.0. The second kappa shape index (κ2) is 35.3. The number of carbonyl (C=O) groups is 1. The van der Waals surface area contributed by atoms with Crippen molar-refractivity contribution in [1.29, 1.82) is 0 Å². The third kappa shape index (κ3) is 33.5. The third-order valence-corrected chi connectivity index (χ3v) is 8.09. The van der Waals surface area contributed by atoms with Crippen LogP contribution in [-0.2, 0) is 14.3 Å². The highest BCUT2D eigenvalue weighted by Gasteiger charge is 2.13. The van der Waals surface area contributed by atoms with Crippen molar-refractivity contribution in [2.45, 2.75) is 200 Å². The van der Waals surface area contributed by atoms with Gasteiger partial charge in [-0.05, 0) is 38.5 Å². The van der Waals surface area contributed by atoms with Gasteiger partial charge in [0, 0.05) is 13.0 Å². The maximum absolute atomic E-state index is 12.1. The summed E-state index contributed by atoms with van der Waals surface area (Å²) in [6.07, 6.45) is 39.6. The molecule has 0 unspecified atom stereocenters. The van der Waals surface area contributed by atoms with Crippen LogP contribution in [0, 0.1) is 0 Å². The van der Waals surface area contributed by atoms with Gasteiger partial charge in [0.05, 0.1) is 13.2 Å². The molecule has 0 rings (SSSR count). The lowest BCUT2D eigenvalue weighted by Crippen LogP contribution is -2.27. The Morgan fingerprint density at radius 3 is 1.39 bits per heavy atom. The van der Waals surface area contributed by atoms with Crippen LogP contribution in [0.4, 0.5) is 0 Å². The Balaban J connectivity index is 3.42. The molecule has 41 heavy (non-hydrogen) atoms. The summed E-state index contributed by atoms with van der Waals surface area (Å²) in [5, 5.41) is 9.54. The maximum atomic E-state index is 12.1. The zero-order valence-electron chi connectivity index (χ0n) is 27.8. The molecule has 0 aromatic rings. The van der Waals surface area contributed by atoms with Crippen LogP contribution in [0.15, 0.2) is 12.2 Å². The molecule has 1 atom stereocenters. The molecule has 244 valence electrons. The molecule has 0 saturated carbocycles. The summed E-state index contributed by atoms with van der Waals surface area (Å²) < 4.78 is 11.1. The summed E-state index contributed by atoms with van der Waals surface area (Å²) in [4.78, 5) is 12.1. The summed E-state index contributed by atoms with van der Waals surface area (Å²) >= 11 is 0. The van der Waals surface area contributed by atoms with E-state index in [1.54, 1.807) is 0 Å². The van der Waals surface area contributed by atoms with Gasteiger partial charge in [-0.15, -0.1) is 0 Å². The number of ether oxygens (including phenoxy) is 2. The number of carbonyl (C=O) groups excluding carboxylic acids is 1. The van der Waals surface area contributed by atoms with E-state index in [-0.39, 0.29) is 12.6 Å². The molecule has 0 amide bonds. The van der Waals surface area contributed by atoms with E-state index in [2.05, 4.69) is 26.0 Å². The first kappa shape index (κ1) is 40.1. The minimum atomic E-state index is -0.530. The molecule has 0 saturated heterocycles. The standard InChI is InChI=1S/C37H72O4/c1-3-5-7-9-11-13-15-17-19-20-22-24-26-28-30-32-37(39)41-36(34-38)35-40-33-31-29-27-25-23-21-18-16-14-12-10-8-6-4-2/h17,19,36,38H,3-16,18,20-35H2,1-2H3/b19-17-/t36-/m0/s1. The first-order valence-corrected chi connectivity index (χ1v) is 18.3. The van der Waals surface area contributed by atoms with Crippen LogP contribution in [0.5, 0.6) is 0 Å². The number of aliphatic hydroxyl groups excluding tert-OH is 1. The molecule has 0 bridgehead atoms. The molecule has 0 spiro atoms. The predicted molar refractivity (Wildman–Crippen MR) is 178 cm³/mol. The lowest BCUT2D eigenvalue weighted by molar-refractivity contribution is -0.154. The normalized spacial score (nSPS) is 12.4. The second-order valence-corrected chi connectivity index (χ2v) is 12.3. The smallest absolute Gasteiger partial charge is 0.306 e. The minimum absolute atomic E-state index is 0.170. The second-order valence-electron chi connectivity index (χ2n) is 12.3. The highest BCUT2D eigenvalue weighted by Crippen LogP contribution is 2.14. The van der Waals surface area contributed by atoms with Gasteiger partial charge in [0.1, 0.15) is 6.10 Å². The SMILES string of the molecule is CCCCCCCC/C=C\CCCCCCCC(=O)O[C@@H](CO)COCCCCCCCCCCCCCCCC. The van der Waals surface area contributed by atoms with Crippen LogP contribution < -0.4 is 0 Å². The van der Waals surface area contributed by atoms with Gasteiger partial charge in [-0.3, -0.25) is 4.79 Å². The fourth-order valence-electron chi connectivity index (χ4n) is 5.32. The Morgan fingerprint density at radius 2 is 0.951 bits per heavy atom. The Kier molecular flexibility index (Phi) is 34.6. The van der Waals surface area contributed by atoms with Crippen LogP contribution in [0.3, 0.4) is 0 Å². The monoisotopic (exact) mass is 581 g/mol. The van der Waals surface area contributed by atoms with E-state index in [1.807, 2.05) is 0 Å². The van der Waals surface area contributed by atoms with E-state index >= 15 is 0 Å². The summed E-state index contributed by atoms with van der Waals surface area (Å²) in [7, 11) is 0. The van der Waals surface area contributed by atoms with Crippen LogP contribution in [0.2, 0.25) is 0 Å². The van der Waals surface area contributed by atoms with E-state index in [0.29, 0.717) is 19.6 Å². The summed E-state index contributed by atoms with van der Waals surface area (Å²) in [6, 6.07) is 0. The Labute approximate surface area is 256 Å². The van der Waals surface area contributed by atoms with Gasteiger partial charge in [0.2, 0.25) is 0 Å². The zero-order chi connectivity index (χ0) is 29.9. The van der Waals surface area contributed by atoms with Gasteiger partial charge in [0.15, 0.2) is 0 Å². The zero-order valence-corrected chi connectivity index (χ0v) is 27.8. The molecule has 4 nitrogen and oxygen atoms in total. The average Bonchev–Trinajstić information content (AvgIpc) is 2.98. The van der Waals surface area contributed by atoms with Crippen molar-refractivity contribution < 1.29 is 19.4 Å². The van der Waals surface area contributed by atoms with Gasteiger partial charge in [-0.1, -0.05) is 161 Å². The lowest BCUT2D eigenvalue weighted by Gasteiger charge is -2.15. The van der Waals surface area contributed by atoms with E-state index in [9.17, 15) is 9.90 Å². The predicted octanol–water partition coefficient (Wildman–Crippen LogP) is 11.4. The van der Waals surface area contributed by atoms with Crippen LogP contribution in [-0.4, -0.2) is 37.0 Å². The molecule has 0 heterocycles. The van der Waals surface area contributed by atoms with Gasteiger partial charge in [-0.2, -0.15) is 0 Å². The number of hydrogen-bond donors (Lipinski definition) is 1. The maximum Gasteiger partial charge on any atom is 0.306 e. The summed E-state index contributed by atoms with van der Waals surface area (Å²) in [5.74, 6) is -0.207. The molecule has 0 aromatic carbocycles. The Hall–Kier alpha value is -0.870. The highest BCUT2D eigenvalue weighted by atomic mass is 16.6. The fraction of sp³-hybridized carbons (Fsp3) is 0.919. The van der Waals surface area contributed by atoms with Crippen LogP contribution >= 0.6 is 0 Å². The van der Waals surface area contributed by atoms with Gasteiger partial charge in [-0.25, -0.2) is 0 Å². The molecule has 0 aliphatic carbocycles. The number of rotatable bonds is 34. The number of hydrogen-bond acceptors (Lipinski definition) is 4. The Bertz CT molecular complexity index is 533. The molecular weight excluding hydrogens is 508 g/mol. The van der Waals surface area contributed by atoms with E-state index in [0.717, 1.165) is 19.3 Å². The van der Waals surface area contributed by atoms with Crippen molar-refractivity contribution in [3.63, 3.8) is 0 Å². The molecule has 0 fully saturated rings. The Morgan fingerprint density at radius 1 is 0.561 bits per heavy atom. The average molecular weight is 581 g/mol. The van der Waals surface area contributed by atoms with E-state index < -0.39 is 6.10 Å². The molecule has 0 aromatic heterocycles. The van der Waals surface area contributed by atoms with Crippen LogP contribution in [0.1, 0.15) is 194 Å². The van der Waals surface area contributed by atoms with E-state index in [1.165, 1.54) is 154 Å². The molecule has 0 aliphatic heterocycles. The number of allylic oxidation sites excluding steroid dienone is 2. The van der Waals surface area contributed by atoms with Crippen molar-refractivity contribution in [2.75, 3.05) is 19.8 Å². The number of esters is 1. The summed E-state index contributed by atoms with van der Waals surface area (Å²) in [6.45, 7) is 5.35. The third-order valence-electron chi connectivity index (χ3n) is 8.09. The van der Waals surface area contributed by atoms with Crippen molar-refractivity contribution in [2.24, 2.45) is 0 Å². The van der Waals surface area contributed by atoms with Crippen molar-refractivity contribution >= 4 is 5.97 Å². The first-order valence-electron chi connectivity index (χ1n) is 18.3. The summed E-state index contributed by atoms with van der Waals surface area (Å²) in [5.41, 5.74) is 0. The molecule has 4 heteroatoms. The minimum Gasteiger partial charge on any atom is -0.457 e. The van der Waals surface area contributed by atoms with Gasteiger partial charge in [0.25, 0.3) is 0 Å². The molecule has 0 aliphatic rings. The largest absolute Gasteiger partial charge is 0.457 e. The quantitative estimate of drug-likeness (QED) is 0.0467. The van der Waals surface area contributed by atoms with Crippen LogP contribution in [0.25, 0.3) is 0 Å². The number of unbranched alkanes of at least 4 members (excludes halogenated alkanes) is 24. The van der Waals surface area contributed by atoms with Crippen molar-refractivity contribution in [1.82, 2.24) is 0 Å². The van der Waals surface area contributed by atoms with Crippen molar-refractivity contribution in [3.8, 4) is 0 Å². The molecule has 0 radical (unpaired) electrons. The number of aliphatic hydroxyl groups is 1. The fourth-order valence-corrected chi connectivity index (χ4v) is 5.32. The molecule has 1 N–H and O–H groups in total. The van der Waals surface area contributed by atoms with Gasteiger partial charge < -0.3 is 14.6 Å². The molecular formula is C37H72O4. The van der Waals surface area contributed by atoms with Crippen molar-refractivity contribution in [3.05, 3.63) is 12.2 Å². The topological polar surface area (TPSA) is 55.8 Å². The highest BCUT2D eigenvalue weighted by molar-refractivity contribution is 5.69.